The molecule has 2 fully saturated rings. The van der Waals surface area contributed by atoms with Crippen LogP contribution in [0.3, 0.4) is 0 Å². The highest BCUT2D eigenvalue weighted by Crippen LogP contribution is 2.24. The number of rotatable bonds is 51. The summed E-state index contributed by atoms with van der Waals surface area (Å²) in [6.45, 7) is 0.313. The molecule has 0 radical (unpaired) electrons. The predicted molar refractivity (Wildman–Crippen MR) is 486 cm³/mol. The van der Waals surface area contributed by atoms with Gasteiger partial charge in [0, 0.05) is 87.8 Å². The molecule has 2 aromatic heterocycles. The van der Waals surface area contributed by atoms with Gasteiger partial charge in [0.15, 0.2) is 5.96 Å². The van der Waals surface area contributed by atoms with E-state index in [1.54, 1.807) is 61.7 Å². The van der Waals surface area contributed by atoms with E-state index in [1.807, 2.05) is 10.8 Å². The smallest absolute Gasteiger partial charge is 0.245 e. The van der Waals surface area contributed by atoms with Gasteiger partial charge in [-0.05, 0) is 87.9 Å². The van der Waals surface area contributed by atoms with Crippen LogP contribution >= 0.6 is 0 Å². The molecule has 4 heterocycles. The van der Waals surface area contributed by atoms with E-state index >= 15 is 14.4 Å². The molecule has 0 bridgehead atoms. The Morgan fingerprint density at radius 1 is 0.583 bits per heavy atom. The first kappa shape index (κ1) is 109. The Bertz CT molecular complexity index is 4560. The number of ketones is 1. The molecule has 6 rings (SSSR count). The van der Waals surface area contributed by atoms with Crippen LogP contribution in [0.4, 0.5) is 0 Å². The third-order valence-electron chi connectivity index (χ3n) is 22.6. The molecule has 4 aromatic rings. The van der Waals surface area contributed by atoms with Gasteiger partial charge in [-0.3, -0.25) is 86.8 Å². The number of aliphatic hydroxyl groups is 3. The van der Waals surface area contributed by atoms with E-state index in [1.165, 1.54) is 57.5 Å². The first-order valence-corrected chi connectivity index (χ1v) is 47.3. The summed E-state index contributed by atoms with van der Waals surface area (Å²) in [5, 5.41) is 74.2. The second-order valence-corrected chi connectivity index (χ2v) is 35.3. The summed E-state index contributed by atoms with van der Waals surface area (Å²) in [6, 6.07) is -2.29. The summed E-state index contributed by atoms with van der Waals surface area (Å²) in [4.78, 5) is 235. The first-order valence-electron chi connectivity index (χ1n) is 45.7. The Labute approximate surface area is 768 Å². The number of para-hydroxylation sites is 1. The first-order chi connectivity index (χ1) is 63.2. The number of amides is 15. The number of nitrogens with zero attached hydrogens (tertiary/aromatic N) is 2. The molecule has 12 atom stereocenters. The van der Waals surface area contributed by atoms with Gasteiger partial charge < -0.3 is 117 Å². The van der Waals surface area contributed by atoms with Crippen molar-refractivity contribution in [3.8, 4) is 0 Å². The summed E-state index contributed by atoms with van der Waals surface area (Å²) >= 11 is 0. The molecule has 132 heavy (non-hydrogen) atoms. The molecule has 26 N–H and O–H groups in total. The lowest BCUT2D eigenvalue weighted by molar-refractivity contribution is -0.143. The second kappa shape index (κ2) is 58.7. The van der Waals surface area contributed by atoms with Crippen LogP contribution < -0.4 is 91.0 Å². The van der Waals surface area contributed by atoms with Gasteiger partial charge in [0.05, 0.1) is 50.2 Å². The van der Waals surface area contributed by atoms with E-state index in [-0.39, 0.29) is 95.5 Å². The predicted octanol–water partition coefficient (Wildman–Crippen LogP) is -2.14. The number of H-pyrrole nitrogens is 2. The SMILES string of the molecule is CCCCCCCCCCCCCCCC(=O)NS(=O)(=O)CCCC(=O)NCC(=O)NC(CO)C(=O)N[C@@H](CCC(N)=O)C(=O)N[C@@H](Cc1c[nH]cn1)C(=O)NC(CO)C(=O)N[C@@H](CCCC)C(=O)N[C@H]1CCC(=O)CNCCCC[C@@H](C(N)=O)NC(=O)[C@H](Cc2c[nH]c3ccccc23)NC(=O)[C@H](CCCNC(=N)N)NC(=O)[C@@H](Cc2ccccc2)NC(=O)[C@@H]2C[C@@H](O)CN2C1=O. The zero-order valence-corrected chi connectivity index (χ0v) is 76.2. The molecule has 2 aromatic carbocycles. The van der Waals surface area contributed by atoms with Crippen molar-refractivity contribution in [1.82, 2.24) is 93.7 Å². The number of nitrogens with one attached hydrogen (secondary N) is 17. The number of guanidine groups is 1. The summed E-state index contributed by atoms with van der Waals surface area (Å²) in [5.41, 5.74) is 18.9. The number of primary amides is 2. The van der Waals surface area contributed by atoms with Crippen LogP contribution in [-0.4, -0.2) is 268 Å². The number of benzene rings is 2. The lowest BCUT2D eigenvalue weighted by Gasteiger charge is -2.31. The Morgan fingerprint density at radius 2 is 1.16 bits per heavy atom. The van der Waals surface area contributed by atoms with E-state index in [0.717, 1.165) is 37.0 Å². The number of carbonyl (C=O) groups is 16. The number of aromatic nitrogens is 3. The van der Waals surface area contributed by atoms with Crippen molar-refractivity contribution in [2.45, 2.75) is 292 Å². The molecule has 43 nitrogen and oxygen atoms in total. The standard InChI is InChI=1S/C88H136N22O21S/c1-3-5-7-8-9-10-11-12-13-14-15-16-20-34-75(117)109-132(130,131)42-26-35-74(116)97-50-76(118)99-70(52-111)84(126)103-65(38-39-73(89)115)80(122)106-69(45-57-48-94-54-98-57)83(125)108-71(53-112)85(127)102-63(30-6-4-2)78(120)104-66-37-36-58(113)49-93-40-24-23-32-62(77(90)119)100-82(124)68(44-56-47-96-61-31-22-21-29-60(56)61)105-79(121)64(33-25-41-95-88(91)92)101-81(123)67(43-55-27-18-17-19-28-55)107-86(128)72-46-59(114)51-110(72)87(66)129/h17-19,21-22,27-29,31,47-48,54,59,62-72,93,96,111-112,114H,3-16,20,23-26,30,32-46,49-53H2,1-2H3,(H2,89,115)(H2,90,119)(H,94,98)(H,97,116)(H,99,118)(H,100,124)(H,101,123)(H,102,127)(H,103,126)(H,104,120)(H,105,121)(H,106,122)(H,107,128)(H,108,125)(H,109,117)(H4,91,92,95)/t59-,62+,63+,64+,65+,66+,67-,68+,69+,70?,71?,72+/m1/s1. The third kappa shape index (κ3) is 40.0. The second-order valence-electron chi connectivity index (χ2n) is 33.4. The van der Waals surface area contributed by atoms with Crippen molar-refractivity contribution in [2.75, 3.05) is 51.7 Å². The highest BCUT2D eigenvalue weighted by atomic mass is 32.2. The Kier molecular flexibility index (Phi) is 48.3. The van der Waals surface area contributed by atoms with Crippen LogP contribution in [0.1, 0.15) is 217 Å². The minimum Gasteiger partial charge on any atom is -0.394 e. The van der Waals surface area contributed by atoms with Gasteiger partial charge in [-0.15, -0.1) is 0 Å². The monoisotopic (exact) mass is 1870 g/mol. The molecular formula is C88H136N22O21S. The van der Waals surface area contributed by atoms with Crippen LogP contribution in [0, 0.1) is 5.41 Å². The number of nitrogens with two attached hydrogens (primary N) is 3. The maximum atomic E-state index is 15.3. The quantitative estimate of drug-likeness (QED) is 0.0127. The minimum absolute atomic E-state index is 0.00955. The van der Waals surface area contributed by atoms with E-state index in [0.29, 0.717) is 41.3 Å². The molecule has 2 saturated heterocycles. The van der Waals surface area contributed by atoms with Gasteiger partial charge >= 0.3 is 0 Å². The highest BCUT2D eigenvalue weighted by molar-refractivity contribution is 7.90. The molecule has 2 aliphatic heterocycles. The fraction of sp³-hybridized carbons (Fsp3) is 0.614. The number of imidazole rings is 1. The van der Waals surface area contributed by atoms with Gasteiger partial charge in [-0.2, -0.15) is 0 Å². The van der Waals surface area contributed by atoms with Gasteiger partial charge in [-0.25, -0.2) is 13.4 Å². The van der Waals surface area contributed by atoms with Gasteiger partial charge in [0.1, 0.15) is 72.2 Å². The van der Waals surface area contributed by atoms with E-state index in [2.05, 4.69) is 91.0 Å². The van der Waals surface area contributed by atoms with Crippen molar-refractivity contribution >= 4 is 121 Å². The number of Topliss-reactive ketones (excluding diaryl/α,β-unsaturated/α-hetero) is 1. The summed E-state index contributed by atoms with van der Waals surface area (Å²) < 4.78 is 27.4. The Balaban J connectivity index is 1.15. The number of aliphatic hydroxyl groups excluding tert-OH is 3. The number of aromatic amines is 2. The van der Waals surface area contributed by atoms with Crippen molar-refractivity contribution in [3.05, 3.63) is 90.1 Å². The summed E-state index contributed by atoms with van der Waals surface area (Å²) in [6.07, 6.45) is 14.2. The van der Waals surface area contributed by atoms with Crippen molar-refractivity contribution < 1.29 is 100 Å². The molecule has 0 aliphatic carbocycles. The Hall–Kier alpha value is -12.0. The number of fused-ring (bicyclic) bond motifs is 2. The third-order valence-corrected chi connectivity index (χ3v) is 24.0. The summed E-state index contributed by atoms with van der Waals surface area (Å²) in [7, 11) is -4.11. The number of hydrogen-bond donors (Lipinski definition) is 23. The normalized spacial score (nSPS) is 19.2. The molecule has 44 heteroatoms. The van der Waals surface area contributed by atoms with Gasteiger partial charge in [0.25, 0.3) is 0 Å². The molecule has 2 unspecified atom stereocenters. The van der Waals surface area contributed by atoms with Crippen molar-refractivity contribution in [2.24, 2.45) is 17.2 Å². The minimum atomic E-state index is -4.11. The van der Waals surface area contributed by atoms with Gasteiger partial charge in [0.2, 0.25) is 98.6 Å². The van der Waals surface area contributed by atoms with E-state index in [9.17, 15) is 86.1 Å². The zero-order chi connectivity index (χ0) is 96.5. The molecule has 730 valence electrons. The fourth-order valence-electron chi connectivity index (χ4n) is 15.3. The average molecular weight is 1870 g/mol. The number of carbonyl (C=O) groups excluding carboxylic acids is 16. The van der Waals surface area contributed by atoms with E-state index in [4.69, 9.17) is 22.6 Å². The molecular weight excluding hydrogens is 1730 g/mol. The molecule has 2 aliphatic rings. The molecule has 0 spiro atoms. The van der Waals surface area contributed by atoms with Crippen LogP contribution in [-0.2, 0) is 106 Å². The average Bonchev–Trinajstić information content (AvgIpc) is 1.68. The van der Waals surface area contributed by atoms with E-state index < -0.39 is 254 Å². The summed E-state index contributed by atoms with van der Waals surface area (Å²) in [5.74, 6) is -16.2. The number of hydrogen-bond acceptors (Lipinski definition) is 24. The highest BCUT2D eigenvalue weighted by Gasteiger charge is 2.44. The zero-order valence-electron chi connectivity index (χ0n) is 75.4. The van der Waals surface area contributed by atoms with Crippen LogP contribution in [0.25, 0.3) is 10.9 Å². The van der Waals surface area contributed by atoms with Crippen LogP contribution in [0.5, 0.6) is 0 Å². The van der Waals surface area contributed by atoms with Gasteiger partial charge in [-0.1, -0.05) is 152 Å². The van der Waals surface area contributed by atoms with Crippen LogP contribution in [0.2, 0.25) is 0 Å². The molecule has 0 saturated carbocycles. The van der Waals surface area contributed by atoms with Crippen molar-refractivity contribution in [3.63, 3.8) is 0 Å². The maximum Gasteiger partial charge on any atom is 0.245 e. The lowest BCUT2D eigenvalue weighted by atomic mass is 10.0. The largest absolute Gasteiger partial charge is 0.394 e. The number of unbranched alkanes of at least 4 members (excludes halogenated alkanes) is 13. The maximum absolute atomic E-state index is 15.3. The fourth-order valence-corrected chi connectivity index (χ4v) is 16.3. The van der Waals surface area contributed by atoms with Crippen molar-refractivity contribution in [1.29, 1.82) is 5.41 Å². The lowest BCUT2D eigenvalue weighted by Crippen LogP contribution is -2.61. The number of sulfonamides is 1. The molecule has 15 amide bonds. The Morgan fingerprint density at radius 3 is 1.80 bits per heavy atom. The van der Waals surface area contributed by atoms with Crippen LogP contribution in [0.15, 0.2) is 73.3 Å². The topological polar surface area (TPSA) is 686 Å².